The summed E-state index contributed by atoms with van der Waals surface area (Å²) in [6.45, 7) is 1.34. The Morgan fingerprint density at radius 2 is 2.00 bits per heavy atom. The predicted molar refractivity (Wildman–Crippen MR) is 138 cm³/mol. The summed E-state index contributed by atoms with van der Waals surface area (Å²) in [6, 6.07) is 13.7. The molecule has 0 radical (unpaired) electrons. The lowest BCUT2D eigenvalue weighted by Gasteiger charge is -2.19. The molecule has 1 saturated heterocycles. The summed E-state index contributed by atoms with van der Waals surface area (Å²) in [5.41, 5.74) is 1.66. The average Bonchev–Trinajstić information content (AvgIpc) is 3.64. The van der Waals surface area contributed by atoms with Crippen molar-refractivity contribution in [3.05, 3.63) is 75.4 Å². The van der Waals surface area contributed by atoms with Crippen molar-refractivity contribution in [2.75, 3.05) is 25.5 Å². The highest BCUT2D eigenvalue weighted by Gasteiger charge is 2.30. The zero-order valence-electron chi connectivity index (χ0n) is 19.0. The number of hydrogen-bond donors (Lipinski definition) is 1. The largest absolute Gasteiger partial charge is 0.496 e. The first-order valence-electron chi connectivity index (χ1n) is 11.2. The molecule has 5 rings (SSSR count). The zero-order chi connectivity index (χ0) is 24.4. The number of fused-ring (bicyclic) bond motifs is 1. The van der Waals surface area contributed by atoms with Gasteiger partial charge in [-0.05, 0) is 47.2 Å². The summed E-state index contributed by atoms with van der Waals surface area (Å²) < 4.78 is 5.53. The lowest BCUT2D eigenvalue weighted by Crippen LogP contribution is -2.29. The zero-order valence-corrected chi connectivity index (χ0v) is 20.7. The van der Waals surface area contributed by atoms with Crippen LogP contribution in [-0.4, -0.2) is 47.7 Å². The Morgan fingerprint density at radius 1 is 1.17 bits per heavy atom. The Kier molecular flexibility index (Phi) is 6.61. The van der Waals surface area contributed by atoms with Crippen molar-refractivity contribution in [3.8, 4) is 5.75 Å². The average molecular weight is 506 g/mol. The molecular weight excluding hydrogens is 482 g/mol. The number of carbonyl (C=O) groups excluding carboxylic acids is 3. The Morgan fingerprint density at radius 3 is 2.74 bits per heavy atom. The van der Waals surface area contributed by atoms with Crippen molar-refractivity contribution >= 4 is 56.2 Å². The minimum Gasteiger partial charge on any atom is -0.496 e. The van der Waals surface area contributed by atoms with Gasteiger partial charge in [-0.15, -0.1) is 22.7 Å². The number of hydrogen-bond acceptors (Lipinski definition) is 7. The van der Waals surface area contributed by atoms with E-state index in [1.165, 1.54) is 35.3 Å². The highest BCUT2D eigenvalue weighted by atomic mass is 32.1. The van der Waals surface area contributed by atoms with Crippen molar-refractivity contribution < 1.29 is 19.1 Å². The number of thiazole rings is 1. The summed E-state index contributed by atoms with van der Waals surface area (Å²) in [5, 5.41) is 7.72. The van der Waals surface area contributed by atoms with Gasteiger partial charge in [-0.3, -0.25) is 19.7 Å². The van der Waals surface area contributed by atoms with E-state index < -0.39 is 11.7 Å². The Hall–Kier alpha value is -3.56. The smallest absolute Gasteiger partial charge is 0.299 e. The van der Waals surface area contributed by atoms with Crippen molar-refractivity contribution in [1.82, 2.24) is 9.88 Å². The second-order valence-electron chi connectivity index (χ2n) is 8.42. The lowest BCUT2D eigenvalue weighted by molar-refractivity contribution is -0.112. The van der Waals surface area contributed by atoms with E-state index in [9.17, 15) is 14.4 Å². The molecule has 1 atom stereocenters. The summed E-state index contributed by atoms with van der Waals surface area (Å²) in [7, 11) is 1.53. The molecule has 0 aliphatic carbocycles. The number of nitrogens with one attached hydrogen (secondary N) is 1. The molecule has 3 heterocycles. The van der Waals surface area contributed by atoms with Gasteiger partial charge < -0.3 is 9.64 Å². The SMILES string of the molecule is COc1cc2csc(C(=O)C(=O)Nc3nccs3)c2cc1C(=O)N1CCC(Cc2ccccc2)C1. The summed E-state index contributed by atoms with van der Waals surface area (Å²) >= 11 is 2.41. The summed E-state index contributed by atoms with van der Waals surface area (Å²) in [5.74, 6) is -0.693. The normalized spacial score (nSPS) is 15.3. The molecule has 178 valence electrons. The van der Waals surface area contributed by atoms with E-state index in [0.717, 1.165) is 18.2 Å². The Bertz CT molecular complexity index is 1380. The second-order valence-corrected chi connectivity index (χ2v) is 10.2. The number of nitrogens with zero attached hydrogens (tertiary/aromatic N) is 2. The standard InChI is InChI=1S/C26H23N3O4S2/c1-33-21-12-18-15-35-23(22(30)24(31)28-26-27-8-10-34-26)19(18)13-20(21)25(32)29-9-7-17(14-29)11-16-5-3-2-4-6-16/h2-6,8,10,12-13,15,17H,7,9,11,14H2,1H3,(H,27,28,31). The topological polar surface area (TPSA) is 88.6 Å². The number of ether oxygens (including phenoxy) is 1. The van der Waals surface area contributed by atoms with Crippen molar-refractivity contribution in [2.45, 2.75) is 12.8 Å². The minimum atomic E-state index is -0.754. The fraction of sp³-hybridized carbons (Fsp3) is 0.231. The number of amides is 2. The first kappa shape index (κ1) is 23.2. The molecule has 9 heteroatoms. The van der Waals surface area contributed by atoms with E-state index in [1.54, 1.807) is 29.1 Å². The van der Waals surface area contributed by atoms with E-state index in [-0.39, 0.29) is 10.8 Å². The number of thiophene rings is 1. The summed E-state index contributed by atoms with van der Waals surface area (Å²) in [6.07, 6.45) is 3.42. The number of aromatic nitrogens is 1. The minimum absolute atomic E-state index is 0.129. The molecule has 2 aromatic heterocycles. The van der Waals surface area contributed by atoms with Gasteiger partial charge in [0.25, 0.3) is 17.6 Å². The number of rotatable bonds is 7. The van der Waals surface area contributed by atoms with Crippen LogP contribution >= 0.6 is 22.7 Å². The van der Waals surface area contributed by atoms with Crippen LogP contribution in [0.15, 0.2) is 59.4 Å². The highest BCUT2D eigenvalue weighted by molar-refractivity contribution is 7.15. The number of benzene rings is 2. The van der Waals surface area contributed by atoms with Crippen LogP contribution in [0, 0.1) is 5.92 Å². The molecule has 1 unspecified atom stereocenters. The number of likely N-dealkylation sites (tertiary alicyclic amines) is 1. The van der Waals surface area contributed by atoms with Gasteiger partial charge in [0.2, 0.25) is 0 Å². The first-order chi connectivity index (χ1) is 17.0. The van der Waals surface area contributed by atoms with Crippen LogP contribution in [0.3, 0.4) is 0 Å². The summed E-state index contributed by atoms with van der Waals surface area (Å²) in [4.78, 5) is 45.0. The van der Waals surface area contributed by atoms with Crippen LogP contribution in [0.2, 0.25) is 0 Å². The molecule has 4 aromatic rings. The third-order valence-electron chi connectivity index (χ3n) is 6.16. The third-order valence-corrected chi connectivity index (χ3v) is 7.86. The van der Waals surface area contributed by atoms with Crippen LogP contribution in [0.25, 0.3) is 10.8 Å². The van der Waals surface area contributed by atoms with Gasteiger partial charge in [0.1, 0.15) is 5.75 Å². The van der Waals surface area contributed by atoms with Gasteiger partial charge >= 0.3 is 0 Å². The monoisotopic (exact) mass is 505 g/mol. The van der Waals surface area contributed by atoms with E-state index in [1.807, 2.05) is 23.1 Å². The molecule has 0 spiro atoms. The van der Waals surface area contributed by atoms with Crippen LogP contribution in [0.4, 0.5) is 5.13 Å². The van der Waals surface area contributed by atoms with Gasteiger partial charge in [-0.2, -0.15) is 0 Å². The van der Waals surface area contributed by atoms with Gasteiger partial charge in [-0.1, -0.05) is 30.3 Å². The number of ketones is 1. The molecule has 2 aromatic carbocycles. The van der Waals surface area contributed by atoms with Gasteiger partial charge in [0.05, 0.1) is 17.6 Å². The highest BCUT2D eigenvalue weighted by Crippen LogP contribution is 2.34. The number of Topliss-reactive ketones (excluding diaryl/α,β-unsaturated/α-hetero) is 1. The molecule has 2 amide bonds. The maximum atomic E-state index is 13.5. The third kappa shape index (κ3) is 4.82. The van der Waals surface area contributed by atoms with Gasteiger partial charge in [-0.25, -0.2) is 4.98 Å². The first-order valence-corrected chi connectivity index (χ1v) is 13.0. The lowest BCUT2D eigenvalue weighted by atomic mass is 9.99. The second kappa shape index (κ2) is 9.97. The molecule has 0 bridgehead atoms. The molecule has 1 fully saturated rings. The molecular formula is C26H23N3O4S2. The molecule has 1 aliphatic heterocycles. The van der Waals surface area contributed by atoms with Crippen LogP contribution in [0.5, 0.6) is 5.75 Å². The number of carbonyl (C=O) groups is 3. The number of methoxy groups -OCH3 is 1. The molecule has 35 heavy (non-hydrogen) atoms. The van der Waals surface area contributed by atoms with Gasteiger partial charge in [0.15, 0.2) is 5.13 Å². The van der Waals surface area contributed by atoms with Crippen molar-refractivity contribution in [1.29, 1.82) is 0 Å². The van der Waals surface area contributed by atoms with Crippen molar-refractivity contribution in [3.63, 3.8) is 0 Å². The molecule has 1 N–H and O–H groups in total. The number of anilines is 1. The Labute approximate surface area is 210 Å². The predicted octanol–water partition coefficient (Wildman–Crippen LogP) is 4.89. The maximum Gasteiger partial charge on any atom is 0.299 e. The van der Waals surface area contributed by atoms with Crippen LogP contribution in [-0.2, 0) is 11.2 Å². The van der Waals surface area contributed by atoms with E-state index in [2.05, 4.69) is 22.4 Å². The Balaban J connectivity index is 1.38. The van der Waals surface area contributed by atoms with Gasteiger partial charge in [0, 0.05) is 30.1 Å². The van der Waals surface area contributed by atoms with E-state index >= 15 is 0 Å². The van der Waals surface area contributed by atoms with Crippen LogP contribution < -0.4 is 10.1 Å². The fourth-order valence-corrected chi connectivity index (χ4v) is 5.90. The van der Waals surface area contributed by atoms with Crippen LogP contribution in [0.1, 0.15) is 32.0 Å². The van der Waals surface area contributed by atoms with Crippen molar-refractivity contribution in [2.24, 2.45) is 5.92 Å². The molecule has 7 nitrogen and oxygen atoms in total. The quantitative estimate of drug-likeness (QED) is 0.285. The van der Waals surface area contributed by atoms with E-state index in [4.69, 9.17) is 4.74 Å². The van der Waals surface area contributed by atoms with E-state index in [0.29, 0.717) is 40.8 Å². The molecule has 1 aliphatic rings. The molecule has 0 saturated carbocycles. The fourth-order valence-electron chi connectivity index (χ4n) is 4.43. The maximum absolute atomic E-state index is 13.5.